The fourth-order valence-electron chi connectivity index (χ4n) is 2.57. The molecule has 6 heteroatoms. The SMILES string of the molecule is CCCCSCC(C)C(=O)OCCOC(=O)NC(C)c1cccc(C(C)(C)C)c1. The zero-order valence-corrected chi connectivity index (χ0v) is 19.6. The molecule has 0 heterocycles. The fourth-order valence-corrected chi connectivity index (χ4v) is 3.72. The lowest BCUT2D eigenvalue weighted by atomic mass is 9.85. The quantitative estimate of drug-likeness (QED) is 0.377. The van der Waals surface area contributed by atoms with Gasteiger partial charge in [-0.15, -0.1) is 0 Å². The normalized spacial score (nSPS) is 13.4. The van der Waals surface area contributed by atoms with Crippen molar-refractivity contribution in [2.45, 2.75) is 65.8 Å². The van der Waals surface area contributed by atoms with Crippen LogP contribution in [0.2, 0.25) is 0 Å². The summed E-state index contributed by atoms with van der Waals surface area (Å²) in [4.78, 5) is 23.9. The van der Waals surface area contributed by atoms with Crippen molar-refractivity contribution in [2.24, 2.45) is 5.92 Å². The standard InChI is InChI=1S/C23H37NO4S/c1-7-8-14-29-16-17(2)21(25)27-12-13-28-22(26)24-18(3)19-10-9-11-20(15-19)23(4,5)6/h9-11,15,17-18H,7-8,12-14,16H2,1-6H3,(H,24,26). The second kappa shape index (κ2) is 12.8. The Labute approximate surface area is 180 Å². The Morgan fingerprint density at radius 3 is 2.48 bits per heavy atom. The smallest absolute Gasteiger partial charge is 0.407 e. The van der Waals surface area contributed by atoms with E-state index in [9.17, 15) is 9.59 Å². The summed E-state index contributed by atoms with van der Waals surface area (Å²) in [6.45, 7) is 12.5. The number of alkyl carbamates (subject to hydrolysis) is 1. The topological polar surface area (TPSA) is 64.6 Å². The molecule has 2 unspecified atom stereocenters. The van der Waals surface area contributed by atoms with Gasteiger partial charge in [0.1, 0.15) is 13.2 Å². The van der Waals surface area contributed by atoms with E-state index in [1.54, 1.807) is 11.8 Å². The number of carbonyl (C=O) groups excluding carboxylic acids is 2. The highest BCUT2D eigenvalue weighted by Gasteiger charge is 2.17. The fraction of sp³-hybridized carbons (Fsp3) is 0.652. The van der Waals surface area contributed by atoms with Crippen molar-refractivity contribution < 1.29 is 19.1 Å². The Balaban J connectivity index is 2.31. The average Bonchev–Trinajstić information content (AvgIpc) is 2.67. The Morgan fingerprint density at radius 1 is 1.14 bits per heavy atom. The number of hydrogen-bond acceptors (Lipinski definition) is 5. The molecule has 29 heavy (non-hydrogen) atoms. The predicted molar refractivity (Wildman–Crippen MR) is 120 cm³/mol. The van der Waals surface area contributed by atoms with Crippen LogP contribution in [0, 0.1) is 5.92 Å². The van der Waals surface area contributed by atoms with Crippen molar-refractivity contribution in [1.29, 1.82) is 0 Å². The zero-order chi connectivity index (χ0) is 21.9. The summed E-state index contributed by atoms with van der Waals surface area (Å²) in [6.07, 6.45) is 1.80. The molecule has 1 aromatic carbocycles. The molecule has 1 N–H and O–H groups in total. The number of nitrogens with one attached hydrogen (secondary N) is 1. The maximum absolute atomic E-state index is 12.0. The number of rotatable bonds is 11. The number of hydrogen-bond donors (Lipinski definition) is 1. The molecule has 2 atom stereocenters. The van der Waals surface area contributed by atoms with Crippen LogP contribution < -0.4 is 5.32 Å². The molecule has 0 aliphatic carbocycles. The molecule has 5 nitrogen and oxygen atoms in total. The largest absolute Gasteiger partial charge is 0.462 e. The van der Waals surface area contributed by atoms with E-state index in [1.165, 1.54) is 5.56 Å². The van der Waals surface area contributed by atoms with E-state index in [-0.39, 0.29) is 36.6 Å². The lowest BCUT2D eigenvalue weighted by molar-refractivity contribution is -0.148. The molecule has 0 radical (unpaired) electrons. The summed E-state index contributed by atoms with van der Waals surface area (Å²) >= 11 is 1.77. The second-order valence-corrected chi connectivity index (χ2v) is 9.52. The van der Waals surface area contributed by atoms with Gasteiger partial charge in [0.15, 0.2) is 0 Å². The van der Waals surface area contributed by atoms with E-state index < -0.39 is 6.09 Å². The van der Waals surface area contributed by atoms with Crippen LogP contribution in [-0.2, 0) is 19.7 Å². The number of unbranched alkanes of at least 4 members (excludes halogenated alkanes) is 1. The molecule has 0 saturated carbocycles. The molecule has 0 aromatic heterocycles. The summed E-state index contributed by atoms with van der Waals surface area (Å²) in [5.74, 6) is 1.42. The summed E-state index contributed by atoms with van der Waals surface area (Å²) in [5.41, 5.74) is 2.28. The molecule has 0 bridgehead atoms. The molecule has 1 rings (SSSR count). The van der Waals surface area contributed by atoms with Crippen LogP contribution in [0.3, 0.4) is 0 Å². The highest BCUT2D eigenvalue weighted by molar-refractivity contribution is 7.99. The summed E-state index contributed by atoms with van der Waals surface area (Å²) in [5, 5.41) is 2.82. The van der Waals surface area contributed by atoms with Crippen LogP contribution in [0.25, 0.3) is 0 Å². The van der Waals surface area contributed by atoms with Crippen molar-refractivity contribution in [2.75, 3.05) is 24.7 Å². The van der Waals surface area contributed by atoms with Crippen molar-refractivity contribution in [1.82, 2.24) is 5.32 Å². The summed E-state index contributed by atoms with van der Waals surface area (Å²) in [6, 6.07) is 8.01. The van der Waals surface area contributed by atoms with Gasteiger partial charge in [0.2, 0.25) is 0 Å². The maximum Gasteiger partial charge on any atom is 0.407 e. The highest BCUT2D eigenvalue weighted by Crippen LogP contribution is 2.25. The first-order valence-electron chi connectivity index (χ1n) is 10.4. The Kier molecular flexibility index (Phi) is 11.2. The second-order valence-electron chi connectivity index (χ2n) is 8.37. The molecule has 0 aliphatic heterocycles. The van der Waals surface area contributed by atoms with Gasteiger partial charge in [0.25, 0.3) is 0 Å². The summed E-state index contributed by atoms with van der Waals surface area (Å²) < 4.78 is 10.3. The zero-order valence-electron chi connectivity index (χ0n) is 18.7. The predicted octanol–water partition coefficient (Wildman–Crippen LogP) is 5.48. The van der Waals surface area contributed by atoms with Gasteiger partial charge in [0, 0.05) is 5.75 Å². The molecule has 0 saturated heterocycles. The molecule has 164 valence electrons. The van der Waals surface area contributed by atoms with E-state index in [0.717, 1.165) is 29.9 Å². The number of amides is 1. The van der Waals surface area contributed by atoms with Crippen LogP contribution in [0.1, 0.15) is 71.6 Å². The van der Waals surface area contributed by atoms with E-state index in [1.807, 2.05) is 26.0 Å². The number of benzene rings is 1. The van der Waals surface area contributed by atoms with E-state index in [4.69, 9.17) is 9.47 Å². The number of esters is 1. The van der Waals surface area contributed by atoms with E-state index >= 15 is 0 Å². The van der Waals surface area contributed by atoms with Gasteiger partial charge in [0.05, 0.1) is 12.0 Å². The third-order valence-corrected chi connectivity index (χ3v) is 5.87. The van der Waals surface area contributed by atoms with Crippen LogP contribution in [0.5, 0.6) is 0 Å². The molecular weight excluding hydrogens is 386 g/mol. The Morgan fingerprint density at radius 2 is 1.83 bits per heavy atom. The van der Waals surface area contributed by atoms with Crippen LogP contribution in [0.4, 0.5) is 4.79 Å². The minimum absolute atomic E-state index is 0.0437. The van der Waals surface area contributed by atoms with Crippen LogP contribution in [0.15, 0.2) is 24.3 Å². The van der Waals surface area contributed by atoms with Gasteiger partial charge in [-0.3, -0.25) is 4.79 Å². The van der Waals surface area contributed by atoms with Crippen LogP contribution in [-0.4, -0.2) is 36.8 Å². The van der Waals surface area contributed by atoms with Gasteiger partial charge >= 0.3 is 12.1 Å². The number of carbonyl (C=O) groups is 2. The van der Waals surface area contributed by atoms with Gasteiger partial charge in [-0.1, -0.05) is 65.3 Å². The van der Waals surface area contributed by atoms with Gasteiger partial charge in [-0.2, -0.15) is 11.8 Å². The molecular formula is C23H37NO4S. The average molecular weight is 424 g/mol. The lowest BCUT2D eigenvalue weighted by Gasteiger charge is -2.21. The van der Waals surface area contributed by atoms with Gasteiger partial charge in [-0.25, -0.2) is 4.79 Å². The molecule has 1 aromatic rings. The maximum atomic E-state index is 12.0. The number of ether oxygens (including phenoxy) is 2. The van der Waals surface area contributed by atoms with Crippen molar-refractivity contribution in [3.05, 3.63) is 35.4 Å². The molecule has 0 fully saturated rings. The molecule has 0 spiro atoms. The van der Waals surface area contributed by atoms with Crippen LogP contribution >= 0.6 is 11.8 Å². The van der Waals surface area contributed by atoms with E-state index in [2.05, 4.69) is 45.1 Å². The van der Waals surface area contributed by atoms with E-state index in [0.29, 0.717) is 0 Å². The molecule has 1 amide bonds. The Hall–Kier alpha value is -1.69. The lowest BCUT2D eigenvalue weighted by Crippen LogP contribution is -2.29. The molecule has 0 aliphatic rings. The Bertz CT molecular complexity index is 642. The van der Waals surface area contributed by atoms with Crippen molar-refractivity contribution in [3.63, 3.8) is 0 Å². The minimum atomic E-state index is -0.516. The first-order valence-corrected chi connectivity index (χ1v) is 11.6. The van der Waals surface area contributed by atoms with Crippen molar-refractivity contribution in [3.8, 4) is 0 Å². The monoisotopic (exact) mass is 423 g/mol. The van der Waals surface area contributed by atoms with Gasteiger partial charge < -0.3 is 14.8 Å². The first-order chi connectivity index (χ1) is 13.6. The minimum Gasteiger partial charge on any atom is -0.462 e. The van der Waals surface area contributed by atoms with Gasteiger partial charge in [-0.05, 0) is 35.6 Å². The number of thioether (sulfide) groups is 1. The highest BCUT2D eigenvalue weighted by atomic mass is 32.2. The third-order valence-electron chi connectivity index (χ3n) is 4.56. The van der Waals surface area contributed by atoms with Crippen molar-refractivity contribution >= 4 is 23.8 Å². The third kappa shape index (κ3) is 10.1. The summed E-state index contributed by atoms with van der Waals surface area (Å²) in [7, 11) is 0. The first kappa shape index (κ1) is 25.3.